The maximum atomic E-state index is 10.4. The molecule has 0 amide bonds. The third kappa shape index (κ3) is 17.1. The van der Waals surface area contributed by atoms with Crippen LogP contribution in [-0.2, 0) is 9.09 Å². The van der Waals surface area contributed by atoms with Gasteiger partial charge in [-0.2, -0.15) is 0 Å². The van der Waals surface area contributed by atoms with E-state index in [0.29, 0.717) is 0 Å². The molecule has 5 nitrogen and oxygen atoms in total. The number of aliphatic hydroxyl groups excluding tert-OH is 1. The molecule has 0 spiro atoms. The van der Waals surface area contributed by atoms with E-state index in [2.05, 4.69) is 11.4 Å². The average Bonchev–Trinajstić information content (AvgIpc) is 2.13. The Balaban J connectivity index is -0.00000112. The van der Waals surface area contributed by atoms with Gasteiger partial charge in [0.2, 0.25) is 0 Å². The summed E-state index contributed by atoms with van der Waals surface area (Å²) in [5.74, 6) is 0. The molecule has 0 aromatic heterocycles. The van der Waals surface area contributed by atoms with E-state index in [1.165, 1.54) is 25.7 Å². The maximum absolute atomic E-state index is 10.4. The smallest absolute Gasteiger partial charge is 1.00 e. The summed E-state index contributed by atoms with van der Waals surface area (Å²) in [4.78, 5) is 16.8. The zero-order chi connectivity index (χ0) is 12.4. The Bertz CT molecular complexity index is 214. The quantitative estimate of drug-likeness (QED) is 0.220. The van der Waals surface area contributed by atoms with Crippen LogP contribution in [0.3, 0.4) is 0 Å². The van der Waals surface area contributed by atoms with E-state index < -0.39 is 14.1 Å². The van der Waals surface area contributed by atoms with E-state index in [1.54, 1.807) is 0 Å². The monoisotopic (exact) mass is 278 g/mol. The SMILES string of the molecule is CCCCCCCCCC(O)OP(=O)(O)O.[H-].[Na+]. The molecule has 0 aromatic carbocycles. The van der Waals surface area contributed by atoms with Gasteiger partial charge in [-0.25, -0.2) is 4.57 Å². The average molecular weight is 278 g/mol. The van der Waals surface area contributed by atoms with Crippen LogP contribution in [-0.4, -0.2) is 21.2 Å². The number of aliphatic hydroxyl groups is 1. The molecule has 17 heavy (non-hydrogen) atoms. The summed E-state index contributed by atoms with van der Waals surface area (Å²) in [5.41, 5.74) is 0. The molecule has 0 bridgehead atoms. The normalized spacial score (nSPS) is 13.2. The first-order valence-electron chi connectivity index (χ1n) is 5.87. The van der Waals surface area contributed by atoms with Gasteiger partial charge in [0.15, 0.2) is 6.29 Å². The molecule has 0 heterocycles. The van der Waals surface area contributed by atoms with Crippen molar-refractivity contribution in [2.75, 3.05) is 0 Å². The van der Waals surface area contributed by atoms with Gasteiger partial charge < -0.3 is 16.3 Å². The molecule has 100 valence electrons. The summed E-state index contributed by atoms with van der Waals surface area (Å²) in [5, 5.41) is 9.11. The largest absolute Gasteiger partial charge is 1.00 e. The first-order chi connectivity index (χ1) is 7.45. The number of phosphoric ester groups is 1. The Labute approximate surface area is 127 Å². The number of unbranched alkanes of at least 4 members (excludes halogenated alkanes) is 6. The van der Waals surface area contributed by atoms with E-state index in [9.17, 15) is 4.57 Å². The summed E-state index contributed by atoms with van der Waals surface area (Å²) in [6.07, 6.45) is 6.61. The number of rotatable bonds is 10. The van der Waals surface area contributed by atoms with E-state index in [1.807, 2.05) is 0 Å². The molecule has 7 heteroatoms. The molecule has 0 rings (SSSR count). The van der Waals surface area contributed by atoms with Crippen molar-refractivity contribution in [1.29, 1.82) is 0 Å². The van der Waals surface area contributed by atoms with Crippen LogP contribution in [0.1, 0.15) is 59.7 Å². The molecule has 1 atom stereocenters. The molecule has 0 aliphatic carbocycles. The molecule has 0 radical (unpaired) electrons. The fraction of sp³-hybridized carbons (Fsp3) is 1.00. The topological polar surface area (TPSA) is 87.0 Å². The van der Waals surface area contributed by atoms with Crippen LogP contribution in [0.5, 0.6) is 0 Å². The summed E-state index contributed by atoms with van der Waals surface area (Å²) >= 11 is 0. The third-order valence-corrected chi connectivity index (χ3v) is 2.83. The minimum absolute atomic E-state index is 0. The molecule has 0 aromatic rings. The van der Waals surface area contributed by atoms with Crippen LogP contribution in [0, 0.1) is 0 Å². The fourth-order valence-corrected chi connectivity index (χ4v) is 1.91. The maximum Gasteiger partial charge on any atom is 1.00 e. The van der Waals surface area contributed by atoms with Crippen LogP contribution in [0.15, 0.2) is 0 Å². The summed E-state index contributed by atoms with van der Waals surface area (Å²) in [6.45, 7) is 2.16. The minimum Gasteiger partial charge on any atom is -1.00 e. The van der Waals surface area contributed by atoms with Gasteiger partial charge in [-0.3, -0.25) is 4.52 Å². The Hall–Kier alpha value is 1.07. The van der Waals surface area contributed by atoms with Gasteiger partial charge in [0.1, 0.15) is 0 Å². The van der Waals surface area contributed by atoms with Gasteiger partial charge in [0.05, 0.1) is 0 Å². The summed E-state index contributed by atoms with van der Waals surface area (Å²) in [6, 6.07) is 0. The van der Waals surface area contributed by atoms with Crippen molar-refractivity contribution in [1.82, 2.24) is 0 Å². The van der Waals surface area contributed by atoms with Crippen molar-refractivity contribution in [2.45, 2.75) is 64.6 Å². The molecule has 0 aliphatic heterocycles. The van der Waals surface area contributed by atoms with Gasteiger partial charge in [0.25, 0.3) is 0 Å². The number of phosphoric acid groups is 1. The van der Waals surface area contributed by atoms with Crippen molar-refractivity contribution >= 4 is 7.82 Å². The van der Waals surface area contributed by atoms with Crippen molar-refractivity contribution in [3.63, 3.8) is 0 Å². The second-order valence-corrected chi connectivity index (χ2v) is 5.15. The number of hydrogen-bond donors (Lipinski definition) is 3. The van der Waals surface area contributed by atoms with Crippen LogP contribution in [0.2, 0.25) is 0 Å². The molecule has 3 N–H and O–H groups in total. The first-order valence-corrected chi connectivity index (χ1v) is 7.40. The van der Waals surface area contributed by atoms with Gasteiger partial charge in [-0.1, -0.05) is 45.4 Å². The van der Waals surface area contributed by atoms with Crippen LogP contribution < -0.4 is 29.6 Å². The van der Waals surface area contributed by atoms with E-state index >= 15 is 0 Å². The Morgan fingerprint density at radius 1 is 1.12 bits per heavy atom. The van der Waals surface area contributed by atoms with Crippen molar-refractivity contribution in [2.24, 2.45) is 0 Å². The second-order valence-electron chi connectivity index (χ2n) is 3.96. The first kappa shape index (κ1) is 20.4. The van der Waals surface area contributed by atoms with Gasteiger partial charge in [-0.05, 0) is 12.8 Å². The van der Waals surface area contributed by atoms with Gasteiger partial charge in [0, 0.05) is 0 Å². The predicted molar refractivity (Wildman–Crippen MR) is 62.9 cm³/mol. The predicted octanol–water partition coefficient (Wildman–Crippen LogP) is -0.329. The fourth-order valence-electron chi connectivity index (χ4n) is 1.49. The Kier molecular flexibility index (Phi) is 14.5. The Morgan fingerprint density at radius 2 is 1.59 bits per heavy atom. The molecule has 0 saturated heterocycles. The van der Waals surface area contributed by atoms with Crippen LogP contribution >= 0.6 is 7.82 Å². The number of hydrogen-bond acceptors (Lipinski definition) is 3. The van der Waals surface area contributed by atoms with E-state index in [0.717, 1.165) is 19.3 Å². The molecule has 0 aliphatic rings. The van der Waals surface area contributed by atoms with Crippen molar-refractivity contribution < 1.29 is 55.0 Å². The van der Waals surface area contributed by atoms with E-state index in [4.69, 9.17) is 14.9 Å². The van der Waals surface area contributed by atoms with Crippen molar-refractivity contribution in [3.8, 4) is 0 Å². The van der Waals surface area contributed by atoms with Crippen LogP contribution in [0.25, 0.3) is 0 Å². The second kappa shape index (κ2) is 12.1. The summed E-state index contributed by atoms with van der Waals surface area (Å²) in [7, 11) is -4.54. The Morgan fingerprint density at radius 3 is 2.06 bits per heavy atom. The van der Waals surface area contributed by atoms with Gasteiger partial charge >= 0.3 is 37.4 Å². The summed E-state index contributed by atoms with van der Waals surface area (Å²) < 4.78 is 14.5. The zero-order valence-electron chi connectivity index (χ0n) is 11.8. The molecule has 0 saturated carbocycles. The van der Waals surface area contributed by atoms with Gasteiger partial charge in [-0.15, -0.1) is 0 Å². The molecule has 0 fully saturated rings. The third-order valence-electron chi connectivity index (χ3n) is 2.31. The molecular formula is C10H24NaO5P. The standard InChI is InChI=1S/C10H23O5P.Na.H/c1-2-3-4-5-6-7-8-9-10(11)15-16(12,13)14;;/h10-11H,2-9H2,1H3,(H2,12,13,14);;/q;+1;-1. The molecular weight excluding hydrogens is 254 g/mol. The molecule has 1 unspecified atom stereocenters. The minimum atomic E-state index is -4.54. The van der Waals surface area contributed by atoms with Crippen molar-refractivity contribution in [3.05, 3.63) is 0 Å². The zero-order valence-corrected chi connectivity index (χ0v) is 13.7. The van der Waals surface area contributed by atoms with E-state index in [-0.39, 0.29) is 37.4 Å². The van der Waals surface area contributed by atoms with Crippen LogP contribution in [0.4, 0.5) is 0 Å².